The lowest BCUT2D eigenvalue weighted by Gasteiger charge is -2.13. The number of rotatable bonds is 1. The first-order valence-electron chi connectivity index (χ1n) is 4.24. The van der Waals surface area contributed by atoms with E-state index in [9.17, 15) is 4.79 Å². The van der Waals surface area contributed by atoms with Crippen molar-refractivity contribution in [3.8, 4) is 0 Å². The Morgan fingerprint density at radius 1 is 1.40 bits per heavy atom. The summed E-state index contributed by atoms with van der Waals surface area (Å²) >= 11 is 0. The minimum absolute atomic E-state index is 0. The number of aromatic nitrogens is 1. The first kappa shape index (κ1) is 14.2. The molecule has 1 amide bonds. The lowest BCUT2D eigenvalue weighted by molar-refractivity contribution is -0.117. The molecule has 1 fully saturated rings. The van der Waals surface area contributed by atoms with Gasteiger partial charge in [-0.3, -0.25) is 9.69 Å². The van der Waals surface area contributed by atoms with Gasteiger partial charge in [0.25, 0.3) is 0 Å². The smallest absolute Gasteiger partial charge is 0.229 e. The van der Waals surface area contributed by atoms with Gasteiger partial charge < -0.3 is 5.73 Å². The Hall–Kier alpha value is -0.840. The maximum Gasteiger partial charge on any atom is 0.229 e. The molecule has 1 aromatic heterocycles. The lowest BCUT2D eigenvalue weighted by atomic mass is 10.3. The number of amides is 1. The van der Waals surface area contributed by atoms with Crippen LogP contribution in [0, 0.1) is 0 Å². The van der Waals surface area contributed by atoms with Gasteiger partial charge in [0.1, 0.15) is 5.82 Å². The van der Waals surface area contributed by atoms with Gasteiger partial charge in [-0.15, -0.1) is 24.8 Å². The van der Waals surface area contributed by atoms with Crippen LogP contribution >= 0.6 is 24.8 Å². The third-order valence-corrected chi connectivity index (χ3v) is 2.08. The Morgan fingerprint density at radius 2 is 2.13 bits per heavy atom. The first-order valence-corrected chi connectivity index (χ1v) is 4.24. The predicted molar refractivity (Wildman–Crippen MR) is 63.7 cm³/mol. The number of hydrogen-bond acceptors (Lipinski definition) is 3. The first-order chi connectivity index (χ1) is 6.27. The molecule has 4 nitrogen and oxygen atoms in total. The molecule has 1 aliphatic rings. The second-order valence-corrected chi connectivity index (χ2v) is 3.16. The van der Waals surface area contributed by atoms with Crippen LogP contribution in [0.3, 0.4) is 0 Å². The van der Waals surface area contributed by atoms with E-state index in [2.05, 4.69) is 4.98 Å². The molecule has 0 saturated carbocycles. The number of nitrogens with zero attached hydrogens (tertiary/aromatic N) is 2. The van der Waals surface area contributed by atoms with Crippen LogP contribution in [0.25, 0.3) is 0 Å². The molecule has 1 aliphatic heterocycles. The topological polar surface area (TPSA) is 59.2 Å². The zero-order chi connectivity index (χ0) is 9.26. The molecule has 6 heteroatoms. The van der Waals surface area contributed by atoms with Crippen molar-refractivity contribution in [2.24, 2.45) is 5.73 Å². The number of anilines is 1. The van der Waals surface area contributed by atoms with Crippen LogP contribution in [0.2, 0.25) is 0 Å². The number of nitrogens with two attached hydrogens (primary N) is 1. The van der Waals surface area contributed by atoms with Crippen molar-refractivity contribution >= 4 is 36.5 Å². The fraction of sp³-hybridized carbons (Fsp3) is 0.333. The van der Waals surface area contributed by atoms with E-state index in [0.717, 1.165) is 0 Å². The van der Waals surface area contributed by atoms with Crippen LogP contribution in [0.1, 0.15) is 6.42 Å². The van der Waals surface area contributed by atoms with E-state index in [1.807, 2.05) is 18.2 Å². The van der Waals surface area contributed by atoms with Gasteiger partial charge in [-0.25, -0.2) is 4.98 Å². The average Bonchev–Trinajstić information content (AvgIpc) is 2.47. The summed E-state index contributed by atoms with van der Waals surface area (Å²) in [4.78, 5) is 17.1. The van der Waals surface area contributed by atoms with E-state index in [1.54, 1.807) is 11.1 Å². The summed E-state index contributed by atoms with van der Waals surface area (Å²) in [6.45, 7) is 0.579. The minimum atomic E-state index is -0.0468. The molecule has 2 heterocycles. The summed E-state index contributed by atoms with van der Waals surface area (Å²) in [6, 6.07) is 5.45. The van der Waals surface area contributed by atoms with Gasteiger partial charge in [0.05, 0.1) is 0 Å². The summed E-state index contributed by atoms with van der Waals surface area (Å²) in [6.07, 6.45) is 2.10. The predicted octanol–water partition coefficient (Wildman–Crippen LogP) is 0.989. The summed E-state index contributed by atoms with van der Waals surface area (Å²) in [5.41, 5.74) is 5.66. The van der Waals surface area contributed by atoms with Crippen molar-refractivity contribution in [3.63, 3.8) is 0 Å². The molecule has 0 spiro atoms. The van der Waals surface area contributed by atoms with Crippen LogP contribution in [0.4, 0.5) is 5.82 Å². The number of carbonyl (C=O) groups is 1. The molecule has 0 aromatic carbocycles. The van der Waals surface area contributed by atoms with Gasteiger partial charge >= 0.3 is 0 Å². The molecular formula is C9H13Cl2N3O. The van der Waals surface area contributed by atoms with Crippen LogP contribution in [0.15, 0.2) is 24.4 Å². The second kappa shape index (κ2) is 5.90. The molecule has 1 aromatic rings. The standard InChI is InChI=1S/C9H11N3O.2ClH/c10-7-5-9(13)12(6-7)8-3-1-2-4-11-8;;/h1-4,7H,5-6,10H2;2*1H. The monoisotopic (exact) mass is 249 g/mol. The number of hydrogen-bond donors (Lipinski definition) is 1. The quantitative estimate of drug-likeness (QED) is 0.808. The molecule has 1 saturated heterocycles. The van der Waals surface area contributed by atoms with Crippen molar-refractivity contribution in [3.05, 3.63) is 24.4 Å². The molecule has 84 valence electrons. The Kier molecular flexibility index (Phi) is 5.57. The summed E-state index contributed by atoms with van der Waals surface area (Å²) in [5, 5.41) is 0. The van der Waals surface area contributed by atoms with Crippen LogP contribution in [-0.4, -0.2) is 23.5 Å². The Bertz CT molecular complexity index is 320. The molecule has 15 heavy (non-hydrogen) atoms. The summed E-state index contributed by atoms with van der Waals surface area (Å²) in [5.74, 6) is 0.756. The van der Waals surface area contributed by atoms with Gasteiger partial charge in [-0.05, 0) is 12.1 Å². The highest BCUT2D eigenvalue weighted by Gasteiger charge is 2.28. The normalized spacial score (nSPS) is 19.4. The number of halogens is 2. The Labute approximate surface area is 101 Å². The molecule has 0 radical (unpaired) electrons. The summed E-state index contributed by atoms with van der Waals surface area (Å²) < 4.78 is 0. The molecule has 0 bridgehead atoms. The molecule has 2 rings (SSSR count). The maximum atomic E-state index is 11.4. The van der Waals surface area contributed by atoms with E-state index < -0.39 is 0 Å². The third-order valence-electron chi connectivity index (χ3n) is 2.08. The summed E-state index contributed by atoms with van der Waals surface area (Å²) in [7, 11) is 0. The van der Waals surface area contributed by atoms with Crippen LogP contribution < -0.4 is 10.6 Å². The van der Waals surface area contributed by atoms with E-state index in [0.29, 0.717) is 18.8 Å². The fourth-order valence-electron chi connectivity index (χ4n) is 1.47. The van der Waals surface area contributed by atoms with Gasteiger partial charge in [-0.1, -0.05) is 6.07 Å². The van der Waals surface area contributed by atoms with Crippen molar-refractivity contribution in [1.29, 1.82) is 0 Å². The Balaban J connectivity index is 0.000000980. The SMILES string of the molecule is Cl.Cl.NC1CC(=O)N(c2ccccn2)C1. The molecule has 2 N–H and O–H groups in total. The average molecular weight is 250 g/mol. The second-order valence-electron chi connectivity index (χ2n) is 3.16. The van der Waals surface area contributed by atoms with Crippen molar-refractivity contribution in [1.82, 2.24) is 4.98 Å². The molecule has 0 aliphatic carbocycles. The highest BCUT2D eigenvalue weighted by Crippen LogP contribution is 2.17. The zero-order valence-electron chi connectivity index (χ0n) is 8.00. The van der Waals surface area contributed by atoms with Crippen LogP contribution in [0.5, 0.6) is 0 Å². The molecule has 1 unspecified atom stereocenters. The van der Waals surface area contributed by atoms with Gasteiger partial charge in [0.15, 0.2) is 0 Å². The largest absolute Gasteiger partial charge is 0.326 e. The van der Waals surface area contributed by atoms with Crippen molar-refractivity contribution < 1.29 is 4.79 Å². The number of carbonyl (C=O) groups excluding carboxylic acids is 1. The Morgan fingerprint density at radius 3 is 2.60 bits per heavy atom. The van der Waals surface area contributed by atoms with E-state index >= 15 is 0 Å². The van der Waals surface area contributed by atoms with Crippen molar-refractivity contribution in [2.45, 2.75) is 12.5 Å². The third kappa shape index (κ3) is 3.06. The molecular weight excluding hydrogens is 237 g/mol. The molecule has 1 atom stereocenters. The highest BCUT2D eigenvalue weighted by molar-refractivity contribution is 5.95. The van der Waals surface area contributed by atoms with Crippen LogP contribution in [-0.2, 0) is 4.79 Å². The highest BCUT2D eigenvalue weighted by atomic mass is 35.5. The number of pyridine rings is 1. The lowest BCUT2D eigenvalue weighted by Crippen LogP contribution is -2.28. The van der Waals surface area contributed by atoms with Gasteiger partial charge in [0, 0.05) is 25.2 Å². The van der Waals surface area contributed by atoms with Gasteiger partial charge in [-0.2, -0.15) is 0 Å². The fourth-order valence-corrected chi connectivity index (χ4v) is 1.47. The minimum Gasteiger partial charge on any atom is -0.326 e. The van der Waals surface area contributed by atoms with E-state index in [-0.39, 0.29) is 36.8 Å². The van der Waals surface area contributed by atoms with Crippen molar-refractivity contribution in [2.75, 3.05) is 11.4 Å². The maximum absolute atomic E-state index is 11.4. The van der Waals surface area contributed by atoms with E-state index in [1.165, 1.54) is 0 Å². The van der Waals surface area contributed by atoms with E-state index in [4.69, 9.17) is 5.73 Å². The zero-order valence-corrected chi connectivity index (χ0v) is 9.63. The van der Waals surface area contributed by atoms with Gasteiger partial charge in [0.2, 0.25) is 5.91 Å².